The van der Waals surface area contributed by atoms with Gasteiger partial charge in [-0.05, 0) is 50.2 Å². The molecule has 0 atom stereocenters. The molecule has 22 heavy (non-hydrogen) atoms. The van der Waals surface area contributed by atoms with Gasteiger partial charge in [-0.1, -0.05) is 12.2 Å². The Labute approximate surface area is 135 Å². The number of aromatic amines is 1. The van der Waals surface area contributed by atoms with E-state index in [1.165, 1.54) is 0 Å². The molecule has 0 saturated heterocycles. The van der Waals surface area contributed by atoms with Crippen molar-refractivity contribution in [2.45, 2.75) is 13.8 Å². The van der Waals surface area contributed by atoms with Crippen LogP contribution in [0.15, 0.2) is 36.4 Å². The first kappa shape index (κ1) is 16.0. The lowest BCUT2D eigenvalue weighted by atomic mass is 10.2. The van der Waals surface area contributed by atoms with Crippen molar-refractivity contribution in [3.63, 3.8) is 0 Å². The van der Waals surface area contributed by atoms with Crippen LogP contribution in [0, 0.1) is 4.64 Å². The number of benzene rings is 1. The number of pyridine rings is 1. The minimum absolute atomic E-state index is 0.376. The number of carbonyl (C=O) groups excluding carboxylic acids is 1. The zero-order valence-corrected chi connectivity index (χ0v) is 13.5. The molecule has 6 heteroatoms. The lowest BCUT2D eigenvalue weighted by molar-refractivity contribution is 0.100. The van der Waals surface area contributed by atoms with Crippen molar-refractivity contribution in [3.05, 3.63) is 46.6 Å². The zero-order chi connectivity index (χ0) is 16.1. The van der Waals surface area contributed by atoms with Crippen LogP contribution in [0.1, 0.15) is 24.2 Å². The van der Waals surface area contributed by atoms with E-state index in [0.29, 0.717) is 16.0 Å². The van der Waals surface area contributed by atoms with Crippen LogP contribution >= 0.6 is 12.2 Å². The Morgan fingerprint density at radius 2 is 1.82 bits per heavy atom. The Morgan fingerprint density at radius 1 is 1.18 bits per heavy atom. The minimum atomic E-state index is -0.506. The number of rotatable bonds is 6. The molecule has 1 heterocycles. The van der Waals surface area contributed by atoms with E-state index in [1.54, 1.807) is 12.1 Å². The van der Waals surface area contributed by atoms with Gasteiger partial charge in [0.15, 0.2) is 0 Å². The number of anilines is 3. The summed E-state index contributed by atoms with van der Waals surface area (Å²) in [4.78, 5) is 16.7. The molecule has 0 unspecified atom stereocenters. The molecule has 1 aromatic heterocycles. The van der Waals surface area contributed by atoms with Crippen LogP contribution < -0.4 is 16.0 Å². The quantitative estimate of drug-likeness (QED) is 0.714. The molecule has 116 valence electrons. The van der Waals surface area contributed by atoms with Gasteiger partial charge in [0.2, 0.25) is 0 Å². The van der Waals surface area contributed by atoms with Crippen LogP contribution in [0.4, 0.5) is 17.2 Å². The number of nitrogens with two attached hydrogens (primary N) is 1. The summed E-state index contributed by atoms with van der Waals surface area (Å²) in [6.07, 6.45) is 0. The maximum Gasteiger partial charge on any atom is 0.252 e. The fourth-order valence-electron chi connectivity index (χ4n) is 2.27. The molecule has 0 saturated carbocycles. The van der Waals surface area contributed by atoms with Crippen molar-refractivity contribution < 1.29 is 4.79 Å². The lowest BCUT2D eigenvalue weighted by Gasteiger charge is -2.21. The molecule has 1 amide bonds. The number of nitrogens with zero attached hydrogens (tertiary/aromatic N) is 1. The number of hydrogen-bond acceptors (Lipinski definition) is 4. The van der Waals surface area contributed by atoms with Gasteiger partial charge in [-0.3, -0.25) is 4.79 Å². The Morgan fingerprint density at radius 3 is 2.36 bits per heavy atom. The number of aromatic nitrogens is 1. The van der Waals surface area contributed by atoms with E-state index in [2.05, 4.69) is 29.0 Å². The van der Waals surface area contributed by atoms with E-state index < -0.39 is 5.91 Å². The van der Waals surface area contributed by atoms with Crippen molar-refractivity contribution >= 4 is 35.3 Å². The lowest BCUT2D eigenvalue weighted by Crippen LogP contribution is -2.21. The fraction of sp³-hybridized carbons (Fsp3) is 0.250. The number of carbonyl (C=O) groups is 1. The zero-order valence-electron chi connectivity index (χ0n) is 12.7. The Hall–Kier alpha value is -2.34. The number of amides is 1. The molecule has 0 fully saturated rings. The largest absolute Gasteiger partial charge is 0.372 e. The number of H-pyrrole nitrogens is 1. The first-order valence-electron chi connectivity index (χ1n) is 7.20. The maximum atomic E-state index is 11.5. The normalized spacial score (nSPS) is 10.3. The second-order valence-corrected chi connectivity index (χ2v) is 5.26. The van der Waals surface area contributed by atoms with E-state index in [0.717, 1.165) is 24.5 Å². The summed E-state index contributed by atoms with van der Waals surface area (Å²) < 4.78 is 0.535. The number of hydrogen-bond donors (Lipinski definition) is 3. The van der Waals surface area contributed by atoms with Crippen LogP contribution in [-0.2, 0) is 0 Å². The molecule has 0 aliphatic rings. The molecule has 0 aliphatic heterocycles. The van der Waals surface area contributed by atoms with E-state index in [1.807, 2.05) is 24.3 Å². The molecule has 0 aliphatic carbocycles. The van der Waals surface area contributed by atoms with E-state index in [-0.39, 0.29) is 0 Å². The van der Waals surface area contributed by atoms with Gasteiger partial charge in [0.1, 0.15) is 10.5 Å². The molecule has 1 aromatic carbocycles. The van der Waals surface area contributed by atoms with Crippen LogP contribution in [0.5, 0.6) is 0 Å². The SMILES string of the molecule is CCN(CC)c1ccc(Nc2[nH]c(=S)ccc2C(N)=O)cc1. The first-order chi connectivity index (χ1) is 10.5. The van der Waals surface area contributed by atoms with Gasteiger partial charge in [-0.25, -0.2) is 0 Å². The van der Waals surface area contributed by atoms with Gasteiger partial charge in [-0.2, -0.15) is 0 Å². The van der Waals surface area contributed by atoms with Crippen molar-refractivity contribution in [2.24, 2.45) is 5.73 Å². The van der Waals surface area contributed by atoms with Gasteiger partial charge in [-0.15, -0.1) is 0 Å². The molecule has 0 bridgehead atoms. The summed E-state index contributed by atoms with van der Waals surface area (Å²) in [7, 11) is 0. The summed E-state index contributed by atoms with van der Waals surface area (Å²) in [5.41, 5.74) is 7.77. The highest BCUT2D eigenvalue weighted by atomic mass is 32.1. The summed E-state index contributed by atoms with van der Waals surface area (Å²) in [5, 5.41) is 3.16. The molecule has 0 radical (unpaired) electrons. The smallest absolute Gasteiger partial charge is 0.252 e. The molecule has 4 N–H and O–H groups in total. The average molecular weight is 316 g/mol. The Bertz CT molecular complexity index is 705. The van der Waals surface area contributed by atoms with Gasteiger partial charge < -0.3 is 20.9 Å². The number of primary amides is 1. The summed E-state index contributed by atoms with van der Waals surface area (Å²) >= 11 is 5.09. The summed E-state index contributed by atoms with van der Waals surface area (Å²) in [6, 6.07) is 11.3. The highest BCUT2D eigenvalue weighted by Gasteiger charge is 2.09. The molecular weight excluding hydrogens is 296 g/mol. The monoisotopic (exact) mass is 316 g/mol. The summed E-state index contributed by atoms with van der Waals surface area (Å²) in [5.74, 6) is 0.00380. The first-order valence-corrected chi connectivity index (χ1v) is 7.61. The predicted molar refractivity (Wildman–Crippen MR) is 93.4 cm³/mol. The van der Waals surface area contributed by atoms with Crippen molar-refractivity contribution in [3.8, 4) is 0 Å². The molecule has 0 spiro atoms. The molecular formula is C16H20N4OS. The van der Waals surface area contributed by atoms with Crippen LogP contribution in [0.2, 0.25) is 0 Å². The predicted octanol–water partition coefficient (Wildman–Crippen LogP) is 3.43. The highest BCUT2D eigenvalue weighted by molar-refractivity contribution is 7.71. The third-order valence-electron chi connectivity index (χ3n) is 3.45. The summed E-state index contributed by atoms with van der Waals surface area (Å²) in [6.45, 7) is 6.17. The molecule has 2 rings (SSSR count). The second-order valence-electron chi connectivity index (χ2n) is 4.82. The molecule has 5 nitrogen and oxygen atoms in total. The van der Waals surface area contributed by atoms with Gasteiger partial charge in [0.05, 0.1) is 5.56 Å². The van der Waals surface area contributed by atoms with E-state index in [9.17, 15) is 4.79 Å². The van der Waals surface area contributed by atoms with Crippen LogP contribution in [0.25, 0.3) is 0 Å². The standard InChI is InChI=1S/C16H20N4OS/c1-3-20(4-2)12-7-5-11(6-8-12)18-16-13(15(17)21)9-10-14(22)19-16/h5-10H,3-4H2,1-2H3,(H2,17,21)(H2,18,19,22). The highest BCUT2D eigenvalue weighted by Crippen LogP contribution is 2.22. The fourth-order valence-corrected chi connectivity index (χ4v) is 2.44. The Kier molecular flexibility index (Phi) is 5.16. The minimum Gasteiger partial charge on any atom is -0.372 e. The van der Waals surface area contributed by atoms with Crippen molar-refractivity contribution in [2.75, 3.05) is 23.3 Å². The Balaban J connectivity index is 2.26. The average Bonchev–Trinajstić information content (AvgIpc) is 2.50. The third kappa shape index (κ3) is 3.65. The van der Waals surface area contributed by atoms with Gasteiger partial charge in [0, 0.05) is 24.5 Å². The van der Waals surface area contributed by atoms with E-state index in [4.69, 9.17) is 18.0 Å². The van der Waals surface area contributed by atoms with Crippen LogP contribution in [-0.4, -0.2) is 24.0 Å². The topological polar surface area (TPSA) is 74.2 Å². The van der Waals surface area contributed by atoms with Gasteiger partial charge >= 0.3 is 0 Å². The van der Waals surface area contributed by atoms with Crippen molar-refractivity contribution in [1.82, 2.24) is 4.98 Å². The third-order valence-corrected chi connectivity index (χ3v) is 3.69. The van der Waals surface area contributed by atoms with Crippen LogP contribution in [0.3, 0.4) is 0 Å². The number of nitrogens with one attached hydrogen (secondary N) is 2. The van der Waals surface area contributed by atoms with Crippen molar-refractivity contribution in [1.29, 1.82) is 0 Å². The van der Waals surface area contributed by atoms with Gasteiger partial charge in [0.25, 0.3) is 5.91 Å². The maximum absolute atomic E-state index is 11.5. The molecule has 2 aromatic rings. The second kappa shape index (κ2) is 7.09. The van der Waals surface area contributed by atoms with E-state index >= 15 is 0 Å².